The van der Waals surface area contributed by atoms with Crippen molar-refractivity contribution in [2.24, 2.45) is 0 Å². The number of halogens is 1. The number of benzene rings is 1. The average Bonchev–Trinajstić information content (AvgIpc) is 3.16. The number of H-pyrrole nitrogens is 2. The predicted octanol–water partition coefficient (Wildman–Crippen LogP) is 2.55. The second kappa shape index (κ2) is 4.48. The highest BCUT2D eigenvalue weighted by atomic mass is 19.1. The van der Waals surface area contributed by atoms with Crippen LogP contribution in [0.25, 0.3) is 33.4 Å². The van der Waals surface area contributed by atoms with E-state index >= 15 is 0 Å². The number of fused-ring (bicyclic) bond motifs is 1. The van der Waals surface area contributed by atoms with Gasteiger partial charge in [-0.3, -0.25) is 5.10 Å². The molecule has 0 saturated carbocycles. The zero-order valence-corrected chi connectivity index (χ0v) is 10.7. The summed E-state index contributed by atoms with van der Waals surface area (Å²) in [5.41, 5.74) is 3.34. The van der Waals surface area contributed by atoms with Gasteiger partial charge in [-0.2, -0.15) is 24.9 Å². The van der Waals surface area contributed by atoms with E-state index in [0.717, 1.165) is 16.5 Å². The lowest BCUT2D eigenvalue weighted by Crippen LogP contribution is -1.87. The highest BCUT2D eigenvalue weighted by molar-refractivity contribution is 5.94. The lowest BCUT2D eigenvalue weighted by atomic mass is 10.0. The van der Waals surface area contributed by atoms with E-state index < -0.39 is 5.95 Å². The largest absolute Gasteiger partial charge is 0.277 e. The maximum atomic E-state index is 13.8. The van der Waals surface area contributed by atoms with Gasteiger partial charge >= 0.3 is 0 Å². The van der Waals surface area contributed by atoms with Gasteiger partial charge in [-0.1, -0.05) is 6.07 Å². The molecule has 102 valence electrons. The summed E-state index contributed by atoms with van der Waals surface area (Å²) in [6, 6.07) is 8.94. The fraction of sp³-hybridized carbons (Fsp3) is 0. The van der Waals surface area contributed by atoms with Crippen LogP contribution in [0.2, 0.25) is 0 Å². The highest BCUT2D eigenvalue weighted by Gasteiger charge is 2.13. The van der Waals surface area contributed by atoms with Crippen LogP contribution in [0.15, 0.2) is 42.7 Å². The molecule has 0 aliphatic rings. The summed E-state index contributed by atoms with van der Waals surface area (Å²) in [7, 11) is 0. The van der Waals surface area contributed by atoms with Crippen LogP contribution in [0, 0.1) is 5.95 Å². The van der Waals surface area contributed by atoms with Gasteiger partial charge < -0.3 is 0 Å². The second-order valence-electron chi connectivity index (χ2n) is 4.53. The number of hydrogen-bond acceptors (Lipinski definition) is 4. The van der Waals surface area contributed by atoms with Crippen LogP contribution in [0.1, 0.15) is 0 Å². The average molecular weight is 280 g/mol. The van der Waals surface area contributed by atoms with Crippen LogP contribution in [0.4, 0.5) is 4.39 Å². The van der Waals surface area contributed by atoms with E-state index in [2.05, 4.69) is 30.6 Å². The molecule has 0 bridgehead atoms. The Balaban J connectivity index is 1.94. The third-order valence-electron chi connectivity index (χ3n) is 3.29. The number of hydrogen-bond donors (Lipinski definition) is 2. The third-order valence-corrected chi connectivity index (χ3v) is 3.29. The van der Waals surface area contributed by atoms with E-state index in [0.29, 0.717) is 17.0 Å². The minimum Gasteiger partial charge on any atom is -0.277 e. The molecule has 1 aromatic carbocycles. The zero-order valence-electron chi connectivity index (χ0n) is 10.7. The molecule has 0 fully saturated rings. The van der Waals surface area contributed by atoms with Crippen molar-refractivity contribution >= 4 is 10.9 Å². The monoisotopic (exact) mass is 280 g/mol. The lowest BCUT2D eigenvalue weighted by Gasteiger charge is -2.02. The molecule has 3 aromatic heterocycles. The molecule has 4 aromatic rings. The minimum absolute atomic E-state index is 0.451. The van der Waals surface area contributed by atoms with Crippen LogP contribution in [0.3, 0.4) is 0 Å². The van der Waals surface area contributed by atoms with Crippen molar-refractivity contribution in [2.45, 2.75) is 0 Å². The topological polar surface area (TPSA) is 83.1 Å². The van der Waals surface area contributed by atoms with Crippen LogP contribution in [-0.4, -0.2) is 30.6 Å². The molecule has 0 saturated heterocycles. The van der Waals surface area contributed by atoms with Crippen molar-refractivity contribution in [3.05, 3.63) is 48.7 Å². The molecule has 0 atom stereocenters. The van der Waals surface area contributed by atoms with Crippen molar-refractivity contribution in [1.82, 2.24) is 30.6 Å². The van der Waals surface area contributed by atoms with Gasteiger partial charge in [0.25, 0.3) is 0 Å². The summed E-state index contributed by atoms with van der Waals surface area (Å²) in [4.78, 5) is 3.68. The maximum absolute atomic E-state index is 13.8. The van der Waals surface area contributed by atoms with Crippen LogP contribution < -0.4 is 0 Å². The van der Waals surface area contributed by atoms with Crippen molar-refractivity contribution < 1.29 is 4.39 Å². The molecule has 7 heteroatoms. The van der Waals surface area contributed by atoms with E-state index in [4.69, 9.17) is 0 Å². The normalized spacial score (nSPS) is 11.1. The van der Waals surface area contributed by atoms with Crippen molar-refractivity contribution in [2.75, 3.05) is 0 Å². The molecular formula is C14H9FN6. The highest BCUT2D eigenvalue weighted by Crippen LogP contribution is 2.29. The Labute approximate surface area is 118 Å². The molecule has 4 rings (SSSR count). The molecule has 0 spiro atoms. The van der Waals surface area contributed by atoms with Gasteiger partial charge in [0, 0.05) is 17.1 Å². The van der Waals surface area contributed by atoms with Gasteiger partial charge in [0.1, 0.15) is 11.4 Å². The molecule has 3 heterocycles. The van der Waals surface area contributed by atoms with Gasteiger partial charge in [-0.25, -0.2) is 4.98 Å². The van der Waals surface area contributed by atoms with Gasteiger partial charge in [-0.05, 0) is 29.8 Å². The summed E-state index contributed by atoms with van der Waals surface area (Å²) < 4.78 is 13.8. The smallest absolute Gasteiger partial charge is 0.220 e. The summed E-state index contributed by atoms with van der Waals surface area (Å²) >= 11 is 0. The Hall–Kier alpha value is -3.09. The zero-order chi connectivity index (χ0) is 14.2. The van der Waals surface area contributed by atoms with Gasteiger partial charge in [-0.15, -0.1) is 0 Å². The molecule has 21 heavy (non-hydrogen) atoms. The molecule has 0 radical (unpaired) electrons. The second-order valence-corrected chi connectivity index (χ2v) is 4.53. The first-order chi connectivity index (χ1) is 10.3. The number of rotatable bonds is 2. The number of nitrogens with one attached hydrogen (secondary N) is 2. The first kappa shape index (κ1) is 11.7. The quantitative estimate of drug-likeness (QED) is 0.553. The van der Waals surface area contributed by atoms with E-state index in [-0.39, 0.29) is 0 Å². The molecule has 0 amide bonds. The number of aromatic nitrogens is 6. The standard InChI is InChI=1S/C14H9FN6/c15-14-9(2-1-5-16-14)8-3-4-11-10(6-8)13(20-18-11)12-7-17-21-19-12/h1-7H,(H,18,20)(H,17,19,21). The summed E-state index contributed by atoms with van der Waals surface area (Å²) in [5, 5.41) is 18.4. The third kappa shape index (κ3) is 1.86. The molecule has 2 N–H and O–H groups in total. The van der Waals surface area contributed by atoms with Crippen molar-refractivity contribution in [1.29, 1.82) is 0 Å². The van der Waals surface area contributed by atoms with Gasteiger partial charge in [0.05, 0.1) is 11.7 Å². The Morgan fingerprint density at radius 2 is 2.05 bits per heavy atom. The fourth-order valence-electron chi connectivity index (χ4n) is 2.29. The summed E-state index contributed by atoms with van der Waals surface area (Å²) in [5.74, 6) is -0.497. The van der Waals surface area contributed by atoms with Crippen LogP contribution >= 0.6 is 0 Å². The van der Waals surface area contributed by atoms with Crippen molar-refractivity contribution in [3.63, 3.8) is 0 Å². The van der Waals surface area contributed by atoms with E-state index in [1.54, 1.807) is 18.3 Å². The Morgan fingerprint density at radius 3 is 2.86 bits per heavy atom. The molecule has 0 aliphatic carbocycles. The number of pyridine rings is 1. The number of aromatic amines is 2. The number of nitrogens with zero attached hydrogens (tertiary/aromatic N) is 4. The van der Waals surface area contributed by atoms with E-state index in [1.165, 1.54) is 6.20 Å². The lowest BCUT2D eigenvalue weighted by molar-refractivity contribution is 0.587. The van der Waals surface area contributed by atoms with E-state index in [9.17, 15) is 4.39 Å². The Bertz CT molecular complexity index is 912. The molecule has 6 nitrogen and oxygen atoms in total. The maximum Gasteiger partial charge on any atom is 0.220 e. The molecule has 0 unspecified atom stereocenters. The van der Waals surface area contributed by atoms with Gasteiger partial charge in [0.2, 0.25) is 5.95 Å². The Morgan fingerprint density at radius 1 is 1.10 bits per heavy atom. The van der Waals surface area contributed by atoms with Crippen LogP contribution in [0.5, 0.6) is 0 Å². The molecular weight excluding hydrogens is 271 g/mol. The first-order valence-electron chi connectivity index (χ1n) is 6.28. The van der Waals surface area contributed by atoms with E-state index in [1.807, 2.05) is 18.2 Å². The SMILES string of the molecule is Fc1ncccc1-c1ccc2[nH]nc(-c3cn[nH]n3)c2c1. The minimum atomic E-state index is -0.497. The fourth-order valence-corrected chi connectivity index (χ4v) is 2.29. The molecule has 0 aliphatic heterocycles. The van der Waals surface area contributed by atoms with Crippen LogP contribution in [-0.2, 0) is 0 Å². The summed E-state index contributed by atoms with van der Waals surface area (Å²) in [6.07, 6.45) is 3.02. The first-order valence-corrected chi connectivity index (χ1v) is 6.28. The Kier molecular flexibility index (Phi) is 2.50. The summed E-state index contributed by atoms with van der Waals surface area (Å²) in [6.45, 7) is 0. The van der Waals surface area contributed by atoms with Gasteiger partial charge in [0.15, 0.2) is 0 Å². The van der Waals surface area contributed by atoms with Crippen molar-refractivity contribution in [3.8, 4) is 22.5 Å². The predicted molar refractivity (Wildman–Crippen MR) is 74.7 cm³/mol.